The molecule has 0 saturated carbocycles. The van der Waals surface area contributed by atoms with E-state index in [4.69, 9.17) is 0 Å². The molecule has 0 aliphatic rings. The molecule has 0 amide bonds. The second kappa shape index (κ2) is 6.29. The van der Waals surface area contributed by atoms with Gasteiger partial charge >= 0.3 is 0 Å². The van der Waals surface area contributed by atoms with E-state index < -0.39 is 30.5 Å². The lowest BCUT2D eigenvalue weighted by Gasteiger charge is -2.25. The lowest BCUT2D eigenvalue weighted by Crippen LogP contribution is -2.49. The lowest BCUT2D eigenvalue weighted by atomic mass is 10.2. The molecule has 0 aliphatic heterocycles. The zero-order valence-corrected chi connectivity index (χ0v) is 14.8. The van der Waals surface area contributed by atoms with Crippen LogP contribution < -0.4 is 0 Å². The number of aryl methyl sites for hydroxylation is 2. The van der Waals surface area contributed by atoms with E-state index in [0.29, 0.717) is 0 Å². The number of aliphatic hydroxyl groups is 2. The van der Waals surface area contributed by atoms with E-state index in [2.05, 4.69) is 0 Å². The summed E-state index contributed by atoms with van der Waals surface area (Å²) in [6.45, 7) is 1.98. The molecule has 2 aromatic carbocycles. The molecule has 0 unspecified atom stereocenters. The van der Waals surface area contributed by atoms with Gasteiger partial charge in [0, 0.05) is 0 Å². The second-order valence-electron chi connectivity index (χ2n) is 5.50. The van der Waals surface area contributed by atoms with Gasteiger partial charge in [-0.3, -0.25) is 0 Å². The molecule has 2 rings (SSSR count). The lowest BCUT2D eigenvalue weighted by molar-refractivity contribution is 0.117. The highest BCUT2D eigenvalue weighted by Crippen LogP contribution is 2.33. The molecule has 2 N–H and O–H groups in total. The van der Waals surface area contributed by atoms with Gasteiger partial charge in [0.1, 0.15) is 6.61 Å². The highest BCUT2D eigenvalue weighted by molar-refractivity contribution is 8.10. The van der Waals surface area contributed by atoms with Crippen molar-refractivity contribution < 1.29 is 27.0 Å². The summed E-state index contributed by atoms with van der Waals surface area (Å²) in [5, 5.41) is 20.0. The zero-order valence-electron chi connectivity index (χ0n) is 13.2. The van der Waals surface area contributed by atoms with Crippen LogP contribution in [0.25, 0.3) is 0 Å². The Bertz CT molecular complexity index is 852. The summed E-state index contributed by atoms with van der Waals surface area (Å²) in [6.07, 6.45) is 0. The molecule has 0 bridgehead atoms. The molecule has 130 valence electrons. The molecule has 6 nitrogen and oxygen atoms in total. The van der Waals surface area contributed by atoms with Gasteiger partial charge < -0.3 is 10.2 Å². The van der Waals surface area contributed by atoms with Crippen molar-refractivity contribution in [1.29, 1.82) is 0 Å². The maximum atomic E-state index is 12.7. The summed E-state index contributed by atoms with van der Waals surface area (Å²) in [5.74, 6) is 0. The van der Waals surface area contributed by atoms with E-state index >= 15 is 0 Å². The van der Waals surface area contributed by atoms with Crippen molar-refractivity contribution in [3.8, 4) is 0 Å². The molecule has 0 saturated heterocycles. The minimum absolute atomic E-state index is 0.389. The van der Waals surface area contributed by atoms with Crippen molar-refractivity contribution in [3.63, 3.8) is 0 Å². The molecule has 24 heavy (non-hydrogen) atoms. The van der Waals surface area contributed by atoms with E-state index in [9.17, 15) is 27.0 Å². The molecule has 2 aromatic rings. The van der Waals surface area contributed by atoms with Crippen LogP contribution in [0.3, 0.4) is 0 Å². The van der Waals surface area contributed by atoms with Crippen molar-refractivity contribution in [2.24, 2.45) is 0 Å². The highest BCUT2D eigenvalue weighted by Gasteiger charge is 2.55. The normalized spacial score (nSPS) is 13.0. The standard InChI is InChI=1S/C16H18O6S2/c1-12-3-7-14(8-4-12)23(19,20)16(18,11-17)24(21,22)15-9-5-13(2)6-10-15/h3-10,17-18H,11H2,1-2H3. The van der Waals surface area contributed by atoms with Crippen molar-refractivity contribution >= 4 is 19.7 Å². The first kappa shape index (κ1) is 18.6. The number of hydrogen-bond donors (Lipinski definition) is 2. The number of aliphatic hydroxyl groups excluding tert-OH is 1. The molecule has 0 heterocycles. The first-order chi connectivity index (χ1) is 11.1. The number of sulfone groups is 2. The molecule has 0 aromatic heterocycles. The SMILES string of the molecule is Cc1ccc(S(=O)(=O)C(O)(CO)S(=O)(=O)c2ccc(C)cc2)cc1. The largest absolute Gasteiger partial charge is 0.391 e. The fraction of sp³-hybridized carbons (Fsp3) is 0.250. The fourth-order valence-corrected chi connectivity index (χ4v) is 5.92. The van der Waals surface area contributed by atoms with E-state index in [1.807, 2.05) is 0 Å². The smallest absolute Gasteiger partial charge is 0.300 e. The zero-order chi connectivity index (χ0) is 18.2. The van der Waals surface area contributed by atoms with Gasteiger partial charge in [-0.25, -0.2) is 16.8 Å². The van der Waals surface area contributed by atoms with Crippen LogP contribution in [-0.2, 0) is 19.7 Å². The summed E-state index contributed by atoms with van der Waals surface area (Å²) in [7, 11) is -9.53. The molecular formula is C16H18O6S2. The highest BCUT2D eigenvalue weighted by atomic mass is 32.3. The van der Waals surface area contributed by atoms with E-state index in [1.54, 1.807) is 13.8 Å². The van der Waals surface area contributed by atoms with Crippen molar-refractivity contribution in [1.82, 2.24) is 0 Å². The first-order valence-corrected chi connectivity index (χ1v) is 9.99. The van der Waals surface area contributed by atoms with Gasteiger partial charge in [-0.05, 0) is 38.1 Å². The van der Waals surface area contributed by atoms with Crippen LogP contribution in [0, 0.1) is 13.8 Å². The van der Waals surface area contributed by atoms with E-state index in [0.717, 1.165) is 11.1 Å². The maximum absolute atomic E-state index is 12.7. The van der Waals surface area contributed by atoms with Crippen LogP contribution in [0.1, 0.15) is 11.1 Å². The number of rotatable bonds is 5. The predicted octanol–water partition coefficient (Wildman–Crippen LogP) is 1.19. The molecule has 8 heteroatoms. The summed E-state index contributed by atoms with van der Waals surface area (Å²) in [4.78, 5) is -0.777. The predicted molar refractivity (Wildman–Crippen MR) is 88.8 cm³/mol. The Hall–Kier alpha value is -1.74. The topological polar surface area (TPSA) is 109 Å². The van der Waals surface area contributed by atoms with Gasteiger partial charge in [0.25, 0.3) is 4.27 Å². The minimum atomic E-state index is -4.77. The molecule has 0 radical (unpaired) electrons. The maximum Gasteiger partial charge on any atom is 0.300 e. The Labute approximate surface area is 141 Å². The molecule has 0 atom stereocenters. The molecule has 0 aliphatic carbocycles. The summed E-state index contributed by atoms with van der Waals surface area (Å²) in [6, 6.07) is 10.7. The van der Waals surface area contributed by atoms with Crippen molar-refractivity contribution in [3.05, 3.63) is 59.7 Å². The number of hydrogen-bond acceptors (Lipinski definition) is 6. The van der Waals surface area contributed by atoms with Crippen LogP contribution in [0.2, 0.25) is 0 Å². The van der Waals surface area contributed by atoms with Gasteiger partial charge in [-0.15, -0.1) is 0 Å². The average molecular weight is 370 g/mol. The first-order valence-electron chi connectivity index (χ1n) is 7.02. The van der Waals surface area contributed by atoms with Gasteiger partial charge in [0.15, 0.2) is 0 Å². The Morgan fingerprint density at radius 1 is 0.750 bits per heavy atom. The third-order valence-corrected chi connectivity index (χ3v) is 8.74. The Morgan fingerprint density at radius 2 is 1.04 bits per heavy atom. The van der Waals surface area contributed by atoms with Crippen LogP contribution in [0.5, 0.6) is 0 Å². The third-order valence-electron chi connectivity index (χ3n) is 3.70. The van der Waals surface area contributed by atoms with Gasteiger partial charge in [0.2, 0.25) is 19.7 Å². The van der Waals surface area contributed by atoms with Gasteiger partial charge in [0.05, 0.1) is 9.79 Å². The Morgan fingerprint density at radius 3 is 1.29 bits per heavy atom. The van der Waals surface area contributed by atoms with E-state index in [-0.39, 0.29) is 9.79 Å². The number of benzene rings is 2. The summed E-state index contributed by atoms with van der Waals surface area (Å²) >= 11 is 0. The van der Waals surface area contributed by atoms with Crippen LogP contribution in [-0.4, -0.2) is 37.9 Å². The molecular weight excluding hydrogens is 352 g/mol. The molecule has 0 fully saturated rings. The van der Waals surface area contributed by atoms with E-state index in [1.165, 1.54) is 48.5 Å². The Balaban J connectivity index is 2.66. The molecule has 0 spiro atoms. The summed E-state index contributed by atoms with van der Waals surface area (Å²) in [5.41, 5.74) is 1.53. The third kappa shape index (κ3) is 2.86. The summed E-state index contributed by atoms with van der Waals surface area (Å²) < 4.78 is 47.4. The van der Waals surface area contributed by atoms with Crippen molar-refractivity contribution in [2.75, 3.05) is 6.61 Å². The second-order valence-corrected chi connectivity index (χ2v) is 10.1. The minimum Gasteiger partial charge on any atom is -0.391 e. The van der Waals surface area contributed by atoms with Gasteiger partial charge in [-0.2, -0.15) is 0 Å². The quantitative estimate of drug-likeness (QED) is 0.818. The van der Waals surface area contributed by atoms with Gasteiger partial charge in [-0.1, -0.05) is 35.4 Å². The van der Waals surface area contributed by atoms with Crippen LogP contribution >= 0.6 is 0 Å². The monoisotopic (exact) mass is 370 g/mol. The fourth-order valence-electron chi connectivity index (χ4n) is 2.12. The van der Waals surface area contributed by atoms with Crippen LogP contribution in [0.15, 0.2) is 58.3 Å². The van der Waals surface area contributed by atoms with Crippen molar-refractivity contribution in [2.45, 2.75) is 27.9 Å². The Kier molecular flexibility index (Phi) is 4.87. The average Bonchev–Trinajstić information content (AvgIpc) is 2.54. The van der Waals surface area contributed by atoms with Crippen LogP contribution in [0.4, 0.5) is 0 Å².